The fraction of sp³-hybridized carbons (Fsp3) is 0.467. The van der Waals surface area contributed by atoms with Gasteiger partial charge in [-0.25, -0.2) is 0 Å². The topological polar surface area (TPSA) is 55.1 Å². The molecule has 0 aliphatic carbocycles. The predicted molar refractivity (Wildman–Crippen MR) is 89.3 cm³/mol. The Morgan fingerprint density at radius 2 is 2.15 bits per heavy atom. The molecule has 0 saturated carbocycles. The Bertz CT molecular complexity index is 491. The molecule has 0 radical (unpaired) electrons. The summed E-state index contributed by atoms with van der Waals surface area (Å²) >= 11 is 11.0. The van der Waals surface area contributed by atoms with Crippen LogP contribution >= 0.6 is 23.8 Å². The number of hydrogen-bond donors (Lipinski definition) is 2. The summed E-state index contributed by atoms with van der Waals surface area (Å²) in [5.74, 6) is 0.00819. The molecule has 1 aromatic rings. The third-order valence-corrected chi connectivity index (χ3v) is 3.73. The summed E-state index contributed by atoms with van der Waals surface area (Å²) in [6.07, 6.45) is 3.83. The fourth-order valence-electron chi connectivity index (χ4n) is 2.04. The van der Waals surface area contributed by atoms with Crippen LogP contribution in [0.3, 0.4) is 0 Å². The van der Waals surface area contributed by atoms with Gasteiger partial charge in [0.25, 0.3) is 0 Å². The average molecular weight is 313 g/mol. The Morgan fingerprint density at radius 1 is 1.45 bits per heavy atom. The van der Waals surface area contributed by atoms with E-state index in [-0.39, 0.29) is 16.8 Å². The Hall–Kier alpha value is -1.13. The molecule has 0 heterocycles. The Balaban J connectivity index is 2.88. The lowest BCUT2D eigenvalue weighted by atomic mass is 9.98. The summed E-state index contributed by atoms with van der Waals surface area (Å²) in [5.41, 5.74) is 6.90. The summed E-state index contributed by atoms with van der Waals surface area (Å²) in [7, 11) is 0. The largest absolute Gasteiger partial charge is 0.389 e. The number of unbranched alkanes of at least 4 members (excludes halogenated alkanes) is 1. The summed E-state index contributed by atoms with van der Waals surface area (Å²) in [6.45, 7) is 4.14. The van der Waals surface area contributed by atoms with Crippen molar-refractivity contribution in [1.82, 2.24) is 0 Å². The minimum absolute atomic E-state index is 0.000664. The molecule has 3 nitrogen and oxygen atoms in total. The van der Waals surface area contributed by atoms with Gasteiger partial charge in [-0.3, -0.25) is 4.79 Å². The van der Waals surface area contributed by atoms with Crippen LogP contribution in [-0.4, -0.2) is 10.9 Å². The first-order chi connectivity index (χ1) is 9.49. The van der Waals surface area contributed by atoms with Crippen molar-refractivity contribution in [3.05, 3.63) is 28.8 Å². The number of rotatable bonds is 7. The molecule has 1 amide bonds. The van der Waals surface area contributed by atoms with Crippen LogP contribution in [0.25, 0.3) is 0 Å². The van der Waals surface area contributed by atoms with E-state index in [2.05, 4.69) is 12.2 Å². The van der Waals surface area contributed by atoms with Gasteiger partial charge in [-0.05, 0) is 31.0 Å². The van der Waals surface area contributed by atoms with Crippen LogP contribution in [0.15, 0.2) is 18.2 Å². The number of thiocarbonyl (C=S) groups is 1. The van der Waals surface area contributed by atoms with Crippen molar-refractivity contribution in [2.75, 3.05) is 5.32 Å². The van der Waals surface area contributed by atoms with Crippen molar-refractivity contribution >= 4 is 40.4 Å². The highest BCUT2D eigenvalue weighted by atomic mass is 35.5. The van der Waals surface area contributed by atoms with Crippen molar-refractivity contribution in [3.63, 3.8) is 0 Å². The van der Waals surface area contributed by atoms with E-state index in [1.165, 1.54) is 0 Å². The summed E-state index contributed by atoms with van der Waals surface area (Å²) in [4.78, 5) is 12.5. The molecule has 20 heavy (non-hydrogen) atoms. The number of carbonyl (C=O) groups is 1. The monoisotopic (exact) mass is 312 g/mol. The zero-order valence-corrected chi connectivity index (χ0v) is 13.5. The Labute approximate surface area is 130 Å². The van der Waals surface area contributed by atoms with Gasteiger partial charge in [0.05, 0.1) is 5.69 Å². The predicted octanol–water partition coefficient (Wildman–Crippen LogP) is 4.13. The Morgan fingerprint density at radius 3 is 2.70 bits per heavy atom. The minimum atomic E-state index is 0.000664. The van der Waals surface area contributed by atoms with Gasteiger partial charge in [0.1, 0.15) is 4.99 Å². The van der Waals surface area contributed by atoms with Gasteiger partial charge in [0.15, 0.2) is 0 Å². The van der Waals surface area contributed by atoms with Crippen molar-refractivity contribution in [2.24, 2.45) is 11.7 Å². The summed E-state index contributed by atoms with van der Waals surface area (Å²) in [6, 6.07) is 5.12. The molecule has 0 bridgehead atoms. The molecule has 0 aliphatic rings. The second-order valence-electron chi connectivity index (χ2n) is 4.79. The molecule has 0 saturated heterocycles. The van der Waals surface area contributed by atoms with Gasteiger partial charge in [-0.15, -0.1) is 0 Å². The van der Waals surface area contributed by atoms with Crippen LogP contribution in [0.4, 0.5) is 5.69 Å². The Kier molecular flexibility index (Phi) is 6.96. The summed E-state index contributed by atoms with van der Waals surface area (Å²) in [5, 5.41) is 3.45. The van der Waals surface area contributed by atoms with Crippen LogP contribution in [0.1, 0.15) is 45.1 Å². The SMILES string of the molecule is CCCCC(CC)C(=O)Nc1cc(Cl)ccc1C(N)=S. The van der Waals surface area contributed by atoms with E-state index in [1.54, 1.807) is 18.2 Å². The van der Waals surface area contributed by atoms with E-state index in [0.29, 0.717) is 16.3 Å². The molecule has 5 heteroatoms. The zero-order chi connectivity index (χ0) is 15.1. The number of amides is 1. The lowest BCUT2D eigenvalue weighted by Crippen LogP contribution is -2.24. The van der Waals surface area contributed by atoms with Gasteiger partial charge in [0, 0.05) is 16.5 Å². The average Bonchev–Trinajstić information content (AvgIpc) is 2.39. The number of hydrogen-bond acceptors (Lipinski definition) is 2. The molecule has 0 aromatic heterocycles. The number of nitrogens with one attached hydrogen (secondary N) is 1. The molecule has 110 valence electrons. The van der Waals surface area contributed by atoms with Crippen LogP contribution in [0, 0.1) is 5.92 Å². The quantitative estimate of drug-likeness (QED) is 0.744. The highest BCUT2D eigenvalue weighted by Crippen LogP contribution is 2.23. The van der Waals surface area contributed by atoms with E-state index >= 15 is 0 Å². The lowest BCUT2D eigenvalue weighted by Gasteiger charge is -2.16. The third kappa shape index (κ3) is 4.76. The molecular formula is C15H21ClN2OS. The number of anilines is 1. The van der Waals surface area contributed by atoms with Crippen LogP contribution in [-0.2, 0) is 4.79 Å². The summed E-state index contributed by atoms with van der Waals surface area (Å²) < 4.78 is 0. The number of halogens is 1. The van der Waals surface area contributed by atoms with E-state index in [9.17, 15) is 4.79 Å². The first-order valence-electron chi connectivity index (χ1n) is 6.89. The number of carbonyl (C=O) groups excluding carboxylic acids is 1. The zero-order valence-electron chi connectivity index (χ0n) is 11.9. The highest BCUT2D eigenvalue weighted by molar-refractivity contribution is 7.80. The van der Waals surface area contributed by atoms with E-state index in [1.807, 2.05) is 6.92 Å². The van der Waals surface area contributed by atoms with Crippen molar-refractivity contribution in [3.8, 4) is 0 Å². The van der Waals surface area contributed by atoms with Crippen molar-refractivity contribution in [2.45, 2.75) is 39.5 Å². The normalized spacial score (nSPS) is 11.9. The minimum Gasteiger partial charge on any atom is -0.389 e. The van der Waals surface area contributed by atoms with Gasteiger partial charge < -0.3 is 11.1 Å². The molecule has 1 rings (SSSR count). The maximum Gasteiger partial charge on any atom is 0.227 e. The first kappa shape index (κ1) is 16.9. The van der Waals surface area contributed by atoms with E-state index in [0.717, 1.165) is 25.7 Å². The van der Waals surface area contributed by atoms with Crippen molar-refractivity contribution < 1.29 is 4.79 Å². The van der Waals surface area contributed by atoms with E-state index < -0.39 is 0 Å². The molecule has 3 N–H and O–H groups in total. The lowest BCUT2D eigenvalue weighted by molar-refractivity contribution is -0.120. The molecule has 1 aromatic carbocycles. The first-order valence-corrected chi connectivity index (χ1v) is 7.68. The van der Waals surface area contributed by atoms with Gasteiger partial charge in [-0.2, -0.15) is 0 Å². The van der Waals surface area contributed by atoms with Crippen molar-refractivity contribution in [1.29, 1.82) is 0 Å². The molecular weight excluding hydrogens is 292 g/mol. The fourth-order valence-corrected chi connectivity index (χ4v) is 2.39. The van der Waals surface area contributed by atoms with Gasteiger partial charge in [-0.1, -0.05) is 50.5 Å². The van der Waals surface area contributed by atoms with Crippen LogP contribution < -0.4 is 11.1 Å². The molecule has 0 fully saturated rings. The third-order valence-electron chi connectivity index (χ3n) is 3.27. The highest BCUT2D eigenvalue weighted by Gasteiger charge is 2.17. The molecule has 1 atom stereocenters. The second kappa shape index (κ2) is 8.22. The standard InChI is InChI=1S/C15H21ClN2OS/c1-3-5-6-10(4-2)15(19)18-13-9-11(16)7-8-12(13)14(17)20/h7-10H,3-6H2,1-2H3,(H2,17,20)(H,18,19). The van der Waals surface area contributed by atoms with Gasteiger partial charge >= 0.3 is 0 Å². The molecule has 1 unspecified atom stereocenters. The number of benzene rings is 1. The molecule has 0 aliphatic heterocycles. The maximum atomic E-state index is 12.3. The number of nitrogens with two attached hydrogens (primary N) is 1. The van der Waals surface area contributed by atoms with Crippen LogP contribution in [0.5, 0.6) is 0 Å². The smallest absolute Gasteiger partial charge is 0.227 e. The molecule has 0 spiro atoms. The van der Waals surface area contributed by atoms with E-state index in [4.69, 9.17) is 29.6 Å². The van der Waals surface area contributed by atoms with Gasteiger partial charge in [0.2, 0.25) is 5.91 Å². The maximum absolute atomic E-state index is 12.3. The van der Waals surface area contributed by atoms with Crippen LogP contribution in [0.2, 0.25) is 5.02 Å². The second-order valence-corrected chi connectivity index (χ2v) is 5.67.